The van der Waals surface area contributed by atoms with E-state index in [2.05, 4.69) is 19.2 Å². The molecule has 0 aliphatic carbocycles. The summed E-state index contributed by atoms with van der Waals surface area (Å²) in [6.45, 7) is 1.10. The van der Waals surface area contributed by atoms with E-state index in [1.54, 1.807) is 48.5 Å². The molecule has 1 aliphatic rings. The topological polar surface area (TPSA) is 178 Å². The number of ether oxygens (including phenoxy) is 3. The summed E-state index contributed by atoms with van der Waals surface area (Å²) in [7, 11) is 0. The average molecular weight is 856 g/mol. The van der Waals surface area contributed by atoms with Crippen LogP contribution in [0.15, 0.2) is 84.9 Å². The molecule has 4 aromatic carbocycles. The molecule has 0 spiro atoms. The van der Waals surface area contributed by atoms with Gasteiger partial charge in [-0.1, -0.05) is 65.7 Å². The van der Waals surface area contributed by atoms with Crippen LogP contribution in [0, 0.1) is 0 Å². The third-order valence-corrected chi connectivity index (χ3v) is 7.95. The van der Waals surface area contributed by atoms with E-state index in [-0.39, 0.29) is 53.1 Å². The number of halogens is 8. The number of amides is 1. The van der Waals surface area contributed by atoms with Crippen molar-refractivity contribution in [3.05, 3.63) is 123 Å². The first-order valence-corrected chi connectivity index (χ1v) is 16.9. The molecular weight excluding hydrogens is 829 g/mol. The Morgan fingerprint density at radius 2 is 1.31 bits per heavy atom. The predicted octanol–water partition coefficient (Wildman–Crippen LogP) is 8.52. The number of Topliss-reactive ketones (excluding diaryl/α,β-unsaturated/α-hetero) is 2. The summed E-state index contributed by atoms with van der Waals surface area (Å²) < 4.78 is 86.2. The molecule has 0 saturated heterocycles. The van der Waals surface area contributed by atoms with Crippen molar-refractivity contribution in [3.63, 3.8) is 0 Å². The Labute approximate surface area is 332 Å². The van der Waals surface area contributed by atoms with Crippen molar-refractivity contribution >= 4 is 69.2 Å². The summed E-state index contributed by atoms with van der Waals surface area (Å²) in [6.07, 6.45) is -9.61. The molecule has 304 valence electrons. The summed E-state index contributed by atoms with van der Waals surface area (Å²) in [5.74, 6) is -5.78. The number of nitrogens with one attached hydrogen (secondary N) is 1. The van der Waals surface area contributed by atoms with E-state index < -0.39 is 59.2 Å². The van der Waals surface area contributed by atoms with Crippen LogP contribution in [0.1, 0.15) is 44.5 Å². The normalized spacial score (nSPS) is 11.9. The maximum Gasteiger partial charge on any atom is 0.573 e. The first-order chi connectivity index (χ1) is 27.1. The van der Waals surface area contributed by atoms with E-state index in [4.69, 9.17) is 23.2 Å². The molecule has 2 heterocycles. The number of nitrogens with zero attached hydrogens (tertiary/aromatic N) is 1. The van der Waals surface area contributed by atoms with E-state index in [9.17, 15) is 60.5 Å². The number of carboxylic acids is 1. The van der Waals surface area contributed by atoms with Gasteiger partial charge in [-0.15, -0.1) is 26.3 Å². The largest absolute Gasteiger partial charge is 0.573 e. The number of ketones is 2. The Morgan fingerprint density at radius 3 is 1.86 bits per heavy atom. The lowest BCUT2D eigenvalue weighted by atomic mass is 10.0. The van der Waals surface area contributed by atoms with Crippen LogP contribution < -0.4 is 14.8 Å². The monoisotopic (exact) mass is 854 g/mol. The van der Waals surface area contributed by atoms with Gasteiger partial charge in [0.1, 0.15) is 17.7 Å². The first-order valence-electron chi connectivity index (χ1n) is 16.1. The number of rotatable bonds is 9. The van der Waals surface area contributed by atoms with Gasteiger partial charge in [0.15, 0.2) is 23.0 Å². The molecule has 0 saturated carbocycles. The van der Waals surface area contributed by atoms with Crippen LogP contribution in [0.3, 0.4) is 0 Å². The number of carbonyl (C=O) groups excluding carboxylic acids is 4. The summed E-state index contributed by atoms with van der Waals surface area (Å²) >= 11 is 11.5. The Morgan fingerprint density at radius 1 is 0.776 bits per heavy atom. The number of anilines is 1. The average Bonchev–Trinajstić information content (AvgIpc) is 3.42. The molecule has 20 heteroatoms. The third kappa shape index (κ3) is 12.6. The SMILES string of the molecule is CC(=O)OCC(=O)Cc1ccc(Cl)cc1.O=C(O)c1c(O)c(Cc2ccc(Cl)cc2)nc2c(OC(F)(F)F)cccc12.O=C1Nc2c(OC(F)(F)F)cccc2C1=O. The van der Waals surface area contributed by atoms with Gasteiger partial charge in [-0.2, -0.15) is 0 Å². The van der Waals surface area contributed by atoms with Gasteiger partial charge >= 0.3 is 24.7 Å². The highest BCUT2D eigenvalue weighted by atomic mass is 35.5. The number of alkyl halides is 6. The number of benzene rings is 4. The molecule has 58 heavy (non-hydrogen) atoms. The minimum Gasteiger partial charge on any atom is -0.505 e. The van der Waals surface area contributed by atoms with E-state index in [1.165, 1.54) is 31.2 Å². The quantitative estimate of drug-likeness (QED) is 0.0736. The Balaban J connectivity index is 0.000000206. The summed E-state index contributed by atoms with van der Waals surface area (Å²) in [5, 5.41) is 22.8. The van der Waals surface area contributed by atoms with Crippen LogP contribution >= 0.6 is 23.2 Å². The van der Waals surface area contributed by atoms with Crippen molar-refractivity contribution in [2.45, 2.75) is 32.5 Å². The first kappa shape index (κ1) is 44.3. The van der Waals surface area contributed by atoms with Crippen LogP contribution in [0.4, 0.5) is 32.0 Å². The van der Waals surface area contributed by atoms with Crippen molar-refractivity contribution in [1.29, 1.82) is 0 Å². The van der Waals surface area contributed by atoms with Crippen LogP contribution in [0.25, 0.3) is 10.9 Å². The molecule has 1 aliphatic heterocycles. The lowest BCUT2D eigenvalue weighted by molar-refractivity contribution is -0.275. The van der Waals surface area contributed by atoms with Gasteiger partial charge in [0, 0.05) is 35.2 Å². The van der Waals surface area contributed by atoms with Crippen molar-refractivity contribution in [2.24, 2.45) is 0 Å². The van der Waals surface area contributed by atoms with Crippen molar-refractivity contribution in [2.75, 3.05) is 11.9 Å². The van der Waals surface area contributed by atoms with Gasteiger partial charge in [0.05, 0.1) is 16.9 Å². The fraction of sp³-hybridized carbons (Fsp3) is 0.158. The third-order valence-electron chi connectivity index (χ3n) is 7.44. The number of fused-ring (bicyclic) bond motifs is 2. The van der Waals surface area contributed by atoms with Gasteiger partial charge in [-0.25, -0.2) is 9.78 Å². The van der Waals surface area contributed by atoms with Crippen molar-refractivity contribution < 1.29 is 74.7 Å². The van der Waals surface area contributed by atoms with Gasteiger partial charge in [-0.05, 0) is 53.6 Å². The maximum absolute atomic E-state index is 12.7. The summed E-state index contributed by atoms with van der Waals surface area (Å²) in [4.78, 5) is 59.5. The molecule has 5 aromatic rings. The summed E-state index contributed by atoms with van der Waals surface area (Å²) in [5.41, 5.74) is 0.177. The van der Waals surface area contributed by atoms with Crippen LogP contribution in [-0.4, -0.2) is 63.9 Å². The summed E-state index contributed by atoms with van der Waals surface area (Å²) in [6, 6.07) is 20.4. The zero-order valence-corrected chi connectivity index (χ0v) is 30.8. The lowest BCUT2D eigenvalue weighted by Crippen LogP contribution is -2.18. The second-order valence-corrected chi connectivity index (χ2v) is 12.6. The number of aromatic hydroxyl groups is 1. The molecule has 0 atom stereocenters. The molecule has 3 N–H and O–H groups in total. The highest BCUT2D eigenvalue weighted by Gasteiger charge is 2.37. The molecular formula is C38H26Cl2F6N2O10. The highest BCUT2D eigenvalue weighted by molar-refractivity contribution is 6.52. The number of carboxylic acid groups (broad SMARTS) is 1. The van der Waals surface area contributed by atoms with Gasteiger partial charge in [0.2, 0.25) is 0 Å². The fourth-order valence-electron chi connectivity index (χ4n) is 5.06. The standard InChI is InChI=1S/C18H11ClF3NO4.C11H11ClO3.C9H4F3NO3/c19-10-6-4-9(5-7-10)8-12-16(24)14(17(25)26)11-2-1-3-13(15(11)23-12)27-18(20,21)22;1-8(13)15-7-11(14)6-9-2-4-10(12)5-3-9;10-9(11,12)16-5-3-1-2-4-6(5)13-8(15)7(4)14/h1-7,24H,8H2,(H,25,26);2-5H,6-7H2,1H3;1-3H,(H,13,14,15). The predicted molar refractivity (Wildman–Crippen MR) is 194 cm³/mol. The number of hydrogen-bond acceptors (Lipinski definition) is 10. The lowest BCUT2D eigenvalue weighted by Gasteiger charge is -2.14. The number of carbonyl (C=O) groups is 5. The second-order valence-electron chi connectivity index (χ2n) is 11.7. The number of aromatic nitrogens is 1. The zero-order valence-electron chi connectivity index (χ0n) is 29.3. The zero-order chi connectivity index (χ0) is 42.9. The molecule has 12 nitrogen and oxygen atoms in total. The van der Waals surface area contributed by atoms with Crippen LogP contribution in [0.5, 0.6) is 17.2 Å². The van der Waals surface area contributed by atoms with Gasteiger partial charge in [0.25, 0.3) is 11.7 Å². The van der Waals surface area contributed by atoms with Crippen molar-refractivity contribution in [1.82, 2.24) is 4.98 Å². The number of esters is 1. The van der Waals surface area contributed by atoms with E-state index in [1.807, 2.05) is 5.32 Å². The van der Waals surface area contributed by atoms with Crippen molar-refractivity contribution in [3.8, 4) is 17.2 Å². The molecule has 0 unspecified atom stereocenters. The maximum atomic E-state index is 12.7. The minimum atomic E-state index is -4.98. The number of aromatic carboxylic acids is 1. The number of para-hydroxylation sites is 2. The minimum absolute atomic E-state index is 0.0143. The fourth-order valence-corrected chi connectivity index (χ4v) is 5.31. The molecule has 1 amide bonds. The molecule has 0 fully saturated rings. The Kier molecular flexibility index (Phi) is 14.3. The molecule has 6 rings (SSSR count). The molecule has 1 aromatic heterocycles. The number of pyridine rings is 1. The molecule has 0 bridgehead atoms. The van der Waals surface area contributed by atoms with Crippen LogP contribution in [0.2, 0.25) is 10.0 Å². The molecule has 0 radical (unpaired) electrons. The number of hydrogen-bond donors (Lipinski definition) is 3. The highest BCUT2D eigenvalue weighted by Crippen LogP contribution is 2.38. The smallest absolute Gasteiger partial charge is 0.505 e. The van der Waals surface area contributed by atoms with E-state index >= 15 is 0 Å². The second kappa shape index (κ2) is 18.7. The Hall–Kier alpha value is -6.40. The van der Waals surface area contributed by atoms with Crippen LogP contribution in [-0.2, 0) is 32.0 Å². The van der Waals surface area contributed by atoms with E-state index in [0.717, 1.165) is 17.7 Å². The van der Waals surface area contributed by atoms with Gasteiger partial charge in [-0.3, -0.25) is 19.2 Å². The van der Waals surface area contributed by atoms with E-state index in [0.29, 0.717) is 15.6 Å². The Bertz CT molecular complexity index is 2350. The van der Waals surface area contributed by atoms with Gasteiger partial charge < -0.3 is 29.7 Å².